The molecule has 2 aromatic carbocycles. The van der Waals surface area contributed by atoms with Crippen LogP contribution >= 0.6 is 0 Å². The van der Waals surface area contributed by atoms with Gasteiger partial charge in [0.1, 0.15) is 11.3 Å². The number of amides is 1. The lowest BCUT2D eigenvalue weighted by Crippen LogP contribution is -2.35. The van der Waals surface area contributed by atoms with E-state index in [0.29, 0.717) is 18.7 Å². The third-order valence-corrected chi connectivity index (χ3v) is 4.11. The van der Waals surface area contributed by atoms with Gasteiger partial charge in [-0.15, -0.1) is 0 Å². The molecule has 0 saturated carbocycles. The molecule has 0 radical (unpaired) electrons. The molecule has 0 fully saturated rings. The van der Waals surface area contributed by atoms with Crippen LogP contribution in [0.4, 0.5) is 0 Å². The Hall–Kier alpha value is -2.37. The second kappa shape index (κ2) is 7.47. The van der Waals surface area contributed by atoms with Crippen molar-refractivity contribution in [3.05, 3.63) is 48.2 Å². The van der Waals surface area contributed by atoms with Gasteiger partial charge in [-0.25, -0.2) is 0 Å². The number of hydrogen-bond acceptors (Lipinski definition) is 4. The Bertz CT molecular complexity index is 840. The Kier molecular flexibility index (Phi) is 5.13. The average molecular weight is 327 g/mol. The molecular weight excluding hydrogens is 306 g/mol. The van der Waals surface area contributed by atoms with Crippen LogP contribution in [0.1, 0.15) is 12.2 Å². The average Bonchev–Trinajstić information content (AvgIpc) is 3.01. The number of hydrogen-bond donors (Lipinski definition) is 2. The third-order valence-electron chi connectivity index (χ3n) is 4.11. The highest BCUT2D eigenvalue weighted by atomic mass is 16.3. The van der Waals surface area contributed by atoms with Gasteiger partial charge in [0.15, 0.2) is 0 Å². The third kappa shape index (κ3) is 3.42. The van der Waals surface area contributed by atoms with Crippen LogP contribution in [0.2, 0.25) is 0 Å². The lowest BCUT2D eigenvalue weighted by molar-refractivity contribution is -0.131. The van der Waals surface area contributed by atoms with Gasteiger partial charge in [-0.2, -0.15) is 0 Å². The molecule has 0 unspecified atom stereocenters. The van der Waals surface area contributed by atoms with E-state index in [2.05, 4.69) is 0 Å². The van der Waals surface area contributed by atoms with Gasteiger partial charge in [0.25, 0.3) is 0 Å². The molecule has 24 heavy (non-hydrogen) atoms. The number of benzene rings is 2. The molecule has 0 atom stereocenters. The predicted octanol–water partition coefficient (Wildman–Crippen LogP) is 2.33. The van der Waals surface area contributed by atoms with Gasteiger partial charge in [-0.1, -0.05) is 30.3 Å². The molecule has 1 heterocycles. The molecule has 0 aliphatic rings. The van der Waals surface area contributed by atoms with E-state index in [1.165, 1.54) is 0 Å². The van der Waals surface area contributed by atoms with Crippen LogP contribution in [0.3, 0.4) is 0 Å². The molecule has 5 nitrogen and oxygen atoms in total. The van der Waals surface area contributed by atoms with Crippen molar-refractivity contribution < 1.29 is 19.4 Å². The zero-order valence-corrected chi connectivity index (χ0v) is 13.4. The van der Waals surface area contributed by atoms with Gasteiger partial charge in [0.2, 0.25) is 5.91 Å². The largest absolute Gasteiger partial charge is 0.461 e. The molecule has 0 aliphatic heterocycles. The number of furan rings is 1. The van der Waals surface area contributed by atoms with Crippen LogP contribution in [0.5, 0.6) is 0 Å². The number of rotatable bonds is 7. The highest BCUT2D eigenvalue weighted by Gasteiger charge is 2.16. The number of carbonyl (C=O) groups is 1. The minimum atomic E-state index is -0.110. The van der Waals surface area contributed by atoms with Crippen molar-refractivity contribution in [2.45, 2.75) is 12.8 Å². The number of fused-ring (bicyclic) bond motifs is 3. The molecule has 1 aromatic heterocycles. The standard InChI is InChI=1S/C19H21NO4/c21-10-3-8-20(9-11-22)19(23)13-15-12-17-16-5-2-1-4-14(16)6-7-18(17)24-15/h1-2,4-7,12,21-22H,3,8-11,13H2. The van der Waals surface area contributed by atoms with Gasteiger partial charge in [-0.3, -0.25) is 4.79 Å². The summed E-state index contributed by atoms with van der Waals surface area (Å²) >= 11 is 0. The summed E-state index contributed by atoms with van der Waals surface area (Å²) in [5.74, 6) is 0.499. The highest BCUT2D eigenvalue weighted by molar-refractivity contribution is 6.06. The van der Waals surface area contributed by atoms with E-state index in [9.17, 15) is 4.79 Å². The van der Waals surface area contributed by atoms with Gasteiger partial charge in [0.05, 0.1) is 13.0 Å². The van der Waals surface area contributed by atoms with Crippen LogP contribution in [-0.4, -0.2) is 47.3 Å². The molecule has 0 spiro atoms. The highest BCUT2D eigenvalue weighted by Crippen LogP contribution is 2.28. The second-order valence-corrected chi connectivity index (χ2v) is 5.77. The van der Waals surface area contributed by atoms with Gasteiger partial charge >= 0.3 is 0 Å². The smallest absolute Gasteiger partial charge is 0.230 e. The summed E-state index contributed by atoms with van der Waals surface area (Å²) in [5, 5.41) is 21.3. The molecule has 126 valence electrons. The van der Waals surface area contributed by atoms with Crippen LogP contribution in [0.25, 0.3) is 21.7 Å². The first kappa shape index (κ1) is 16.5. The lowest BCUT2D eigenvalue weighted by atomic mass is 10.1. The molecule has 0 aliphatic carbocycles. The summed E-state index contributed by atoms with van der Waals surface area (Å²) in [5.41, 5.74) is 0.764. The summed E-state index contributed by atoms with van der Waals surface area (Å²) in [4.78, 5) is 14.0. The molecule has 2 N–H and O–H groups in total. The maximum absolute atomic E-state index is 12.4. The summed E-state index contributed by atoms with van der Waals surface area (Å²) in [6.07, 6.45) is 0.644. The fourth-order valence-corrected chi connectivity index (χ4v) is 2.94. The van der Waals surface area contributed by atoms with E-state index < -0.39 is 0 Å². The van der Waals surface area contributed by atoms with Crippen molar-refractivity contribution in [1.82, 2.24) is 4.90 Å². The fraction of sp³-hybridized carbons (Fsp3) is 0.316. The minimum absolute atomic E-state index is 0.0197. The monoisotopic (exact) mass is 327 g/mol. The van der Waals surface area contributed by atoms with Crippen molar-refractivity contribution in [1.29, 1.82) is 0 Å². The quantitative estimate of drug-likeness (QED) is 0.698. The summed E-state index contributed by atoms with van der Waals surface area (Å²) in [6.45, 7) is 0.620. The van der Waals surface area contributed by atoms with E-state index in [-0.39, 0.29) is 32.1 Å². The van der Waals surface area contributed by atoms with Crippen molar-refractivity contribution in [3.8, 4) is 0 Å². The summed E-state index contributed by atoms with van der Waals surface area (Å²) in [6, 6.07) is 13.9. The Morgan fingerprint density at radius 3 is 2.62 bits per heavy atom. The van der Waals surface area contributed by atoms with E-state index in [0.717, 1.165) is 21.7 Å². The number of nitrogens with zero attached hydrogens (tertiary/aromatic N) is 1. The maximum Gasteiger partial charge on any atom is 0.230 e. The maximum atomic E-state index is 12.4. The summed E-state index contributed by atoms with van der Waals surface area (Å²) in [7, 11) is 0. The fourth-order valence-electron chi connectivity index (χ4n) is 2.94. The lowest BCUT2D eigenvalue weighted by Gasteiger charge is -2.20. The SMILES string of the molecule is O=C(Cc1cc2c(ccc3ccccc32)o1)N(CCO)CCCO. The number of aliphatic hydroxyl groups excluding tert-OH is 2. The Morgan fingerprint density at radius 1 is 1.00 bits per heavy atom. The molecule has 1 amide bonds. The minimum Gasteiger partial charge on any atom is -0.461 e. The first-order valence-corrected chi connectivity index (χ1v) is 8.12. The topological polar surface area (TPSA) is 73.9 Å². The van der Waals surface area contributed by atoms with Gasteiger partial charge in [-0.05, 0) is 29.3 Å². The van der Waals surface area contributed by atoms with Crippen molar-refractivity contribution in [2.75, 3.05) is 26.3 Å². The molecule has 0 saturated heterocycles. The van der Waals surface area contributed by atoms with E-state index in [1.54, 1.807) is 4.90 Å². The van der Waals surface area contributed by atoms with Crippen LogP contribution in [0, 0.1) is 0 Å². The number of carbonyl (C=O) groups excluding carboxylic acids is 1. The molecular formula is C19H21NO4. The van der Waals surface area contributed by atoms with Crippen molar-refractivity contribution in [3.63, 3.8) is 0 Å². The van der Waals surface area contributed by atoms with E-state index in [1.807, 2.05) is 42.5 Å². The predicted molar refractivity (Wildman–Crippen MR) is 92.8 cm³/mol. The Labute approximate surface area is 140 Å². The zero-order valence-electron chi connectivity index (χ0n) is 13.4. The van der Waals surface area contributed by atoms with Crippen LogP contribution < -0.4 is 0 Å². The molecule has 0 bridgehead atoms. The van der Waals surface area contributed by atoms with Crippen LogP contribution in [0.15, 0.2) is 46.9 Å². The van der Waals surface area contributed by atoms with Crippen LogP contribution in [-0.2, 0) is 11.2 Å². The van der Waals surface area contributed by atoms with Crippen molar-refractivity contribution in [2.24, 2.45) is 0 Å². The Morgan fingerprint density at radius 2 is 1.83 bits per heavy atom. The first-order chi connectivity index (χ1) is 11.7. The van der Waals surface area contributed by atoms with Crippen molar-refractivity contribution >= 4 is 27.6 Å². The van der Waals surface area contributed by atoms with E-state index >= 15 is 0 Å². The molecule has 3 aromatic rings. The molecule has 5 heteroatoms. The summed E-state index contributed by atoms with van der Waals surface area (Å²) < 4.78 is 5.82. The Balaban J connectivity index is 1.84. The normalized spacial score (nSPS) is 11.2. The zero-order chi connectivity index (χ0) is 16.9. The first-order valence-electron chi connectivity index (χ1n) is 8.12. The van der Waals surface area contributed by atoms with Gasteiger partial charge in [0, 0.05) is 25.1 Å². The molecule has 3 rings (SSSR count). The van der Waals surface area contributed by atoms with E-state index in [4.69, 9.17) is 14.6 Å². The number of aliphatic hydroxyl groups is 2. The second-order valence-electron chi connectivity index (χ2n) is 5.77. The van der Waals surface area contributed by atoms with Gasteiger partial charge < -0.3 is 19.5 Å².